The van der Waals surface area contributed by atoms with E-state index in [1.807, 2.05) is 49.1 Å². The van der Waals surface area contributed by atoms with E-state index in [9.17, 15) is 4.79 Å². The Morgan fingerprint density at radius 3 is 2.88 bits per heavy atom. The maximum absolute atomic E-state index is 12.5. The standard InChI is InChI=1S/C20H27N3O2/c1-14(21)17-9-6-12-23(13-17)19(24)11-10-18-22-15(2)20(25-18)16-7-4-3-5-8-16/h3-5,7-8,14,17H,6,9-13,21H2,1-2H3. The third-order valence-electron chi connectivity index (χ3n) is 4.98. The first-order valence-electron chi connectivity index (χ1n) is 9.09. The van der Waals surface area contributed by atoms with Gasteiger partial charge in [-0.05, 0) is 32.6 Å². The summed E-state index contributed by atoms with van der Waals surface area (Å²) in [4.78, 5) is 19.0. The van der Waals surface area contributed by atoms with Crippen molar-refractivity contribution in [2.24, 2.45) is 11.7 Å². The van der Waals surface area contributed by atoms with Gasteiger partial charge in [0.2, 0.25) is 5.91 Å². The van der Waals surface area contributed by atoms with Gasteiger partial charge in [0.1, 0.15) is 0 Å². The van der Waals surface area contributed by atoms with Crippen LogP contribution in [0.1, 0.15) is 37.8 Å². The molecule has 2 aromatic rings. The molecule has 25 heavy (non-hydrogen) atoms. The molecule has 1 aliphatic rings. The summed E-state index contributed by atoms with van der Waals surface area (Å²) in [6.07, 6.45) is 3.11. The summed E-state index contributed by atoms with van der Waals surface area (Å²) in [5.41, 5.74) is 7.89. The van der Waals surface area contributed by atoms with E-state index in [1.165, 1.54) is 0 Å². The minimum atomic E-state index is 0.137. The maximum atomic E-state index is 12.5. The van der Waals surface area contributed by atoms with Gasteiger partial charge in [-0.15, -0.1) is 0 Å². The number of likely N-dealkylation sites (tertiary alicyclic amines) is 1. The Bertz CT molecular complexity index is 709. The van der Waals surface area contributed by atoms with Gasteiger partial charge < -0.3 is 15.1 Å². The Morgan fingerprint density at radius 1 is 1.40 bits per heavy atom. The average molecular weight is 341 g/mol. The average Bonchev–Trinajstić information content (AvgIpc) is 3.01. The van der Waals surface area contributed by atoms with E-state index in [0.717, 1.165) is 42.9 Å². The molecular weight excluding hydrogens is 314 g/mol. The summed E-state index contributed by atoms with van der Waals surface area (Å²) in [6.45, 7) is 5.58. The highest BCUT2D eigenvalue weighted by Gasteiger charge is 2.26. The molecule has 2 unspecified atom stereocenters. The van der Waals surface area contributed by atoms with Gasteiger partial charge in [0.15, 0.2) is 11.7 Å². The lowest BCUT2D eigenvalue weighted by atomic mass is 9.92. The largest absolute Gasteiger partial charge is 0.440 e. The van der Waals surface area contributed by atoms with Crippen molar-refractivity contribution >= 4 is 5.91 Å². The van der Waals surface area contributed by atoms with Crippen molar-refractivity contribution in [2.45, 2.75) is 45.6 Å². The van der Waals surface area contributed by atoms with E-state index < -0.39 is 0 Å². The monoisotopic (exact) mass is 341 g/mol. The number of amides is 1. The molecular formula is C20H27N3O2. The molecule has 2 heterocycles. The van der Waals surface area contributed by atoms with Crippen LogP contribution in [0.2, 0.25) is 0 Å². The van der Waals surface area contributed by atoms with Gasteiger partial charge >= 0.3 is 0 Å². The topological polar surface area (TPSA) is 72.4 Å². The number of hydrogen-bond acceptors (Lipinski definition) is 4. The van der Waals surface area contributed by atoms with Crippen molar-refractivity contribution in [3.8, 4) is 11.3 Å². The first-order chi connectivity index (χ1) is 12.0. The zero-order valence-electron chi connectivity index (χ0n) is 15.1. The van der Waals surface area contributed by atoms with Crippen LogP contribution in [0.15, 0.2) is 34.7 Å². The lowest BCUT2D eigenvalue weighted by Crippen LogP contribution is -2.45. The quantitative estimate of drug-likeness (QED) is 0.906. The van der Waals surface area contributed by atoms with Crippen molar-refractivity contribution in [3.05, 3.63) is 41.9 Å². The van der Waals surface area contributed by atoms with Crippen molar-refractivity contribution in [1.82, 2.24) is 9.88 Å². The van der Waals surface area contributed by atoms with Gasteiger partial charge in [0.25, 0.3) is 0 Å². The Labute approximate surface area is 149 Å². The van der Waals surface area contributed by atoms with Crippen LogP contribution in [-0.2, 0) is 11.2 Å². The second-order valence-corrected chi connectivity index (χ2v) is 6.99. The number of rotatable bonds is 5. The third kappa shape index (κ3) is 4.28. The molecule has 0 aliphatic carbocycles. The number of aryl methyl sites for hydroxylation is 2. The van der Waals surface area contributed by atoms with Gasteiger partial charge in [-0.2, -0.15) is 0 Å². The zero-order valence-corrected chi connectivity index (χ0v) is 15.1. The molecule has 3 rings (SSSR count). The van der Waals surface area contributed by atoms with Crippen LogP contribution in [0.4, 0.5) is 0 Å². The first kappa shape index (κ1) is 17.7. The molecule has 5 heteroatoms. The zero-order chi connectivity index (χ0) is 17.8. The molecule has 5 nitrogen and oxygen atoms in total. The van der Waals surface area contributed by atoms with E-state index in [2.05, 4.69) is 4.98 Å². The molecule has 0 saturated carbocycles. The molecule has 1 saturated heterocycles. The van der Waals surface area contributed by atoms with E-state index in [4.69, 9.17) is 10.2 Å². The molecule has 0 radical (unpaired) electrons. The van der Waals surface area contributed by atoms with E-state index >= 15 is 0 Å². The van der Waals surface area contributed by atoms with E-state index in [-0.39, 0.29) is 11.9 Å². The number of hydrogen-bond donors (Lipinski definition) is 1. The highest BCUT2D eigenvalue weighted by atomic mass is 16.4. The lowest BCUT2D eigenvalue weighted by Gasteiger charge is -2.34. The molecule has 1 aromatic heterocycles. The van der Waals surface area contributed by atoms with Gasteiger partial charge in [-0.25, -0.2) is 4.98 Å². The second kappa shape index (κ2) is 7.83. The predicted molar refractivity (Wildman–Crippen MR) is 98.0 cm³/mol. The van der Waals surface area contributed by atoms with Crippen molar-refractivity contribution in [1.29, 1.82) is 0 Å². The van der Waals surface area contributed by atoms with E-state index in [1.54, 1.807) is 0 Å². The van der Waals surface area contributed by atoms with Crippen LogP contribution in [0, 0.1) is 12.8 Å². The fraction of sp³-hybridized carbons (Fsp3) is 0.500. The Balaban J connectivity index is 1.59. The molecule has 1 amide bonds. The minimum Gasteiger partial charge on any atom is -0.440 e. The van der Waals surface area contributed by atoms with Gasteiger partial charge in [0.05, 0.1) is 5.69 Å². The van der Waals surface area contributed by atoms with Gasteiger partial charge in [0, 0.05) is 37.5 Å². The number of nitrogens with two attached hydrogens (primary N) is 1. The smallest absolute Gasteiger partial charge is 0.223 e. The van der Waals surface area contributed by atoms with Crippen molar-refractivity contribution in [3.63, 3.8) is 0 Å². The minimum absolute atomic E-state index is 0.137. The molecule has 1 fully saturated rings. The normalized spacial score (nSPS) is 19.0. The van der Waals surface area contributed by atoms with Gasteiger partial charge in [-0.3, -0.25) is 4.79 Å². The molecule has 0 spiro atoms. The molecule has 1 aliphatic heterocycles. The van der Waals surface area contributed by atoms with Crippen LogP contribution in [-0.4, -0.2) is 34.9 Å². The highest BCUT2D eigenvalue weighted by molar-refractivity contribution is 5.76. The number of oxazole rings is 1. The fourth-order valence-electron chi connectivity index (χ4n) is 3.45. The summed E-state index contributed by atoms with van der Waals surface area (Å²) in [5, 5.41) is 0. The number of piperidine rings is 1. The number of carbonyl (C=O) groups excluding carboxylic acids is 1. The maximum Gasteiger partial charge on any atom is 0.223 e. The van der Waals surface area contributed by atoms with Crippen LogP contribution in [0.25, 0.3) is 11.3 Å². The summed E-state index contributed by atoms with van der Waals surface area (Å²) in [5.74, 6) is 2.00. The van der Waals surface area contributed by atoms with Crippen molar-refractivity contribution < 1.29 is 9.21 Å². The summed E-state index contributed by atoms with van der Waals surface area (Å²) >= 11 is 0. The molecule has 134 valence electrons. The van der Waals surface area contributed by atoms with Crippen LogP contribution in [0.5, 0.6) is 0 Å². The SMILES string of the molecule is Cc1nc(CCC(=O)N2CCCC(C(C)N)C2)oc1-c1ccccc1. The van der Waals surface area contributed by atoms with Crippen molar-refractivity contribution in [2.75, 3.05) is 13.1 Å². The highest BCUT2D eigenvalue weighted by Crippen LogP contribution is 2.25. The Hall–Kier alpha value is -2.14. The number of nitrogens with zero attached hydrogens (tertiary/aromatic N) is 2. The predicted octanol–water partition coefficient (Wildman–Crippen LogP) is 3.17. The molecule has 2 atom stereocenters. The fourth-order valence-corrected chi connectivity index (χ4v) is 3.45. The summed E-state index contributed by atoms with van der Waals surface area (Å²) < 4.78 is 5.90. The number of benzene rings is 1. The Kier molecular flexibility index (Phi) is 5.53. The van der Waals surface area contributed by atoms with E-state index in [0.29, 0.717) is 24.7 Å². The third-order valence-corrected chi connectivity index (χ3v) is 4.98. The first-order valence-corrected chi connectivity index (χ1v) is 9.09. The Morgan fingerprint density at radius 2 is 2.16 bits per heavy atom. The number of carbonyl (C=O) groups is 1. The summed E-state index contributed by atoms with van der Waals surface area (Å²) in [6, 6.07) is 10.1. The molecule has 2 N–H and O–H groups in total. The van der Waals surface area contributed by atoms with Crippen LogP contribution in [0.3, 0.4) is 0 Å². The van der Waals surface area contributed by atoms with Gasteiger partial charge in [-0.1, -0.05) is 30.3 Å². The van der Waals surface area contributed by atoms with Crippen LogP contribution < -0.4 is 5.73 Å². The number of aromatic nitrogens is 1. The van der Waals surface area contributed by atoms with Crippen LogP contribution >= 0.6 is 0 Å². The molecule has 1 aromatic carbocycles. The lowest BCUT2D eigenvalue weighted by molar-refractivity contribution is -0.133. The summed E-state index contributed by atoms with van der Waals surface area (Å²) in [7, 11) is 0. The second-order valence-electron chi connectivity index (χ2n) is 6.99. The molecule has 0 bridgehead atoms.